The van der Waals surface area contributed by atoms with Crippen molar-refractivity contribution in [2.24, 2.45) is 0 Å². The summed E-state index contributed by atoms with van der Waals surface area (Å²) < 4.78 is 7.21. The molecule has 6 nitrogen and oxygen atoms in total. The standard InChI is InChI=1S/C24H20N2O4/c1-15-13-18(16(2)25(15)21-12-8-7-11-20(21)17(3)27)14-22-23(28)26(24(29)30-22)19-9-5-4-6-10-19/h4-14H,1-3H3. The Balaban J connectivity index is 1.75. The van der Waals surface area contributed by atoms with E-state index in [0.717, 1.165) is 27.5 Å². The van der Waals surface area contributed by atoms with Gasteiger partial charge < -0.3 is 9.30 Å². The van der Waals surface area contributed by atoms with E-state index >= 15 is 0 Å². The highest BCUT2D eigenvalue weighted by atomic mass is 16.6. The Kier molecular flexibility index (Phi) is 4.83. The molecule has 2 amide bonds. The van der Waals surface area contributed by atoms with E-state index < -0.39 is 12.0 Å². The predicted molar refractivity (Wildman–Crippen MR) is 114 cm³/mol. The lowest BCUT2D eigenvalue weighted by Crippen LogP contribution is -2.28. The molecule has 1 saturated heterocycles. The maximum Gasteiger partial charge on any atom is 0.427 e. The molecule has 0 aliphatic carbocycles. The van der Waals surface area contributed by atoms with E-state index in [9.17, 15) is 14.4 Å². The van der Waals surface area contributed by atoms with Crippen LogP contribution < -0.4 is 4.90 Å². The van der Waals surface area contributed by atoms with E-state index in [4.69, 9.17) is 4.74 Å². The van der Waals surface area contributed by atoms with Crippen LogP contribution in [0, 0.1) is 13.8 Å². The van der Waals surface area contributed by atoms with E-state index in [1.165, 1.54) is 6.92 Å². The monoisotopic (exact) mass is 400 g/mol. The van der Waals surface area contributed by atoms with Crippen LogP contribution in [0.1, 0.15) is 34.2 Å². The van der Waals surface area contributed by atoms with E-state index in [2.05, 4.69) is 0 Å². The molecule has 150 valence electrons. The van der Waals surface area contributed by atoms with E-state index in [1.54, 1.807) is 42.5 Å². The first-order chi connectivity index (χ1) is 14.4. The molecule has 3 aromatic rings. The molecule has 0 unspecified atom stereocenters. The Morgan fingerprint density at radius 2 is 1.63 bits per heavy atom. The molecule has 1 fully saturated rings. The van der Waals surface area contributed by atoms with Gasteiger partial charge in [0.2, 0.25) is 0 Å². The van der Waals surface area contributed by atoms with Crippen LogP contribution in [0.25, 0.3) is 11.8 Å². The summed E-state index contributed by atoms with van der Waals surface area (Å²) in [6.07, 6.45) is 0.839. The Hall–Kier alpha value is -3.93. The van der Waals surface area contributed by atoms with Gasteiger partial charge in [0.1, 0.15) is 0 Å². The number of imide groups is 1. The molecule has 0 saturated carbocycles. The highest BCUT2D eigenvalue weighted by Crippen LogP contribution is 2.29. The van der Waals surface area contributed by atoms with Crippen molar-refractivity contribution in [2.75, 3.05) is 4.90 Å². The highest BCUT2D eigenvalue weighted by molar-refractivity contribution is 6.24. The minimum absolute atomic E-state index is 0.0311. The molecule has 0 atom stereocenters. The van der Waals surface area contributed by atoms with Gasteiger partial charge in [0.15, 0.2) is 11.5 Å². The molecule has 30 heavy (non-hydrogen) atoms. The number of nitrogens with zero attached hydrogens (tertiary/aromatic N) is 2. The number of carbonyl (C=O) groups excluding carboxylic acids is 3. The average Bonchev–Trinajstić information content (AvgIpc) is 3.17. The highest BCUT2D eigenvalue weighted by Gasteiger charge is 2.37. The van der Waals surface area contributed by atoms with Crippen LogP contribution in [-0.4, -0.2) is 22.4 Å². The number of Topliss-reactive ketones (excluding diaryl/α,β-unsaturated/α-hetero) is 1. The van der Waals surface area contributed by atoms with Crippen LogP contribution in [0.4, 0.5) is 10.5 Å². The number of anilines is 1. The van der Waals surface area contributed by atoms with Gasteiger partial charge in [-0.3, -0.25) is 9.59 Å². The molecule has 2 aromatic carbocycles. The molecule has 0 radical (unpaired) electrons. The predicted octanol–water partition coefficient (Wildman–Crippen LogP) is 4.82. The van der Waals surface area contributed by atoms with Crippen LogP contribution in [0.5, 0.6) is 0 Å². The number of cyclic esters (lactones) is 1. The zero-order valence-electron chi connectivity index (χ0n) is 16.9. The van der Waals surface area contributed by atoms with Crippen molar-refractivity contribution in [3.8, 4) is 5.69 Å². The van der Waals surface area contributed by atoms with Crippen molar-refractivity contribution >= 4 is 29.5 Å². The van der Waals surface area contributed by atoms with Gasteiger partial charge in [0, 0.05) is 17.0 Å². The van der Waals surface area contributed by atoms with E-state index in [1.807, 2.05) is 42.7 Å². The van der Waals surface area contributed by atoms with Crippen LogP contribution >= 0.6 is 0 Å². The number of ketones is 1. The Morgan fingerprint density at radius 3 is 2.33 bits per heavy atom. The number of ether oxygens (including phenoxy) is 1. The smallest absolute Gasteiger partial charge is 0.404 e. The van der Waals surface area contributed by atoms with Crippen molar-refractivity contribution < 1.29 is 19.1 Å². The van der Waals surface area contributed by atoms with Crippen molar-refractivity contribution in [1.82, 2.24) is 4.57 Å². The minimum Gasteiger partial charge on any atom is -0.404 e. The molecular weight excluding hydrogens is 380 g/mol. The molecule has 1 aromatic heterocycles. The average molecular weight is 400 g/mol. The minimum atomic E-state index is -0.729. The lowest BCUT2D eigenvalue weighted by Gasteiger charge is -2.13. The lowest BCUT2D eigenvalue weighted by atomic mass is 10.1. The van der Waals surface area contributed by atoms with Crippen molar-refractivity contribution in [3.63, 3.8) is 0 Å². The van der Waals surface area contributed by atoms with Crippen molar-refractivity contribution in [2.45, 2.75) is 20.8 Å². The molecule has 0 N–H and O–H groups in total. The molecule has 2 heterocycles. The van der Waals surface area contributed by atoms with Gasteiger partial charge in [0.25, 0.3) is 0 Å². The second-order valence-corrected chi connectivity index (χ2v) is 7.09. The summed E-state index contributed by atoms with van der Waals surface area (Å²) in [7, 11) is 0. The van der Waals surface area contributed by atoms with Crippen LogP contribution in [-0.2, 0) is 9.53 Å². The number of aryl methyl sites for hydroxylation is 1. The van der Waals surface area contributed by atoms with Gasteiger partial charge in [-0.15, -0.1) is 0 Å². The summed E-state index contributed by atoms with van der Waals surface area (Å²) >= 11 is 0. The molecule has 1 aliphatic rings. The van der Waals surface area contributed by atoms with Crippen molar-refractivity contribution in [1.29, 1.82) is 0 Å². The van der Waals surface area contributed by atoms with Gasteiger partial charge in [-0.25, -0.2) is 9.69 Å². The Bertz CT molecular complexity index is 1210. The maximum atomic E-state index is 12.8. The Labute approximate surface area is 174 Å². The lowest BCUT2D eigenvalue weighted by molar-refractivity contribution is -0.114. The number of benzene rings is 2. The summed E-state index contributed by atoms with van der Waals surface area (Å²) in [5.74, 6) is -0.583. The molecule has 4 rings (SSSR count). The number of hydrogen-bond donors (Lipinski definition) is 0. The first-order valence-electron chi connectivity index (χ1n) is 9.50. The number of carbonyl (C=O) groups is 3. The van der Waals surface area contributed by atoms with E-state index in [-0.39, 0.29) is 11.5 Å². The van der Waals surface area contributed by atoms with Gasteiger partial charge in [0.05, 0.1) is 11.4 Å². The summed E-state index contributed by atoms with van der Waals surface area (Å²) in [4.78, 5) is 38.2. The van der Waals surface area contributed by atoms with Crippen LogP contribution in [0.2, 0.25) is 0 Å². The molecular formula is C24H20N2O4. The van der Waals surface area contributed by atoms with Crippen molar-refractivity contribution in [3.05, 3.63) is 88.9 Å². The third kappa shape index (κ3) is 3.22. The van der Waals surface area contributed by atoms with Gasteiger partial charge in [-0.05, 0) is 62.7 Å². The summed E-state index contributed by atoms with van der Waals surface area (Å²) in [6, 6.07) is 17.9. The third-order valence-corrected chi connectivity index (χ3v) is 5.09. The first-order valence-corrected chi connectivity index (χ1v) is 9.50. The maximum absolute atomic E-state index is 12.8. The second-order valence-electron chi connectivity index (χ2n) is 7.09. The number of rotatable bonds is 4. The molecule has 0 bridgehead atoms. The number of para-hydroxylation sites is 2. The molecule has 1 aliphatic heterocycles. The summed E-state index contributed by atoms with van der Waals surface area (Å²) in [5, 5.41) is 0. The zero-order valence-corrected chi connectivity index (χ0v) is 16.9. The SMILES string of the molecule is CC(=O)c1ccccc1-n1c(C)cc(C=C2OC(=O)N(c3ccccc3)C2=O)c1C. The Morgan fingerprint density at radius 1 is 0.967 bits per heavy atom. The summed E-state index contributed by atoms with van der Waals surface area (Å²) in [5.41, 5.74) is 4.29. The van der Waals surface area contributed by atoms with E-state index in [0.29, 0.717) is 11.3 Å². The second kappa shape index (κ2) is 7.48. The van der Waals surface area contributed by atoms with Gasteiger partial charge >= 0.3 is 12.0 Å². The summed E-state index contributed by atoms with van der Waals surface area (Å²) in [6.45, 7) is 5.35. The fourth-order valence-electron chi connectivity index (χ4n) is 3.68. The normalized spacial score (nSPS) is 15.0. The van der Waals surface area contributed by atoms with Gasteiger partial charge in [-0.1, -0.05) is 30.3 Å². The zero-order chi connectivity index (χ0) is 21.4. The third-order valence-electron chi connectivity index (χ3n) is 5.09. The number of hydrogen-bond acceptors (Lipinski definition) is 4. The molecule has 6 heteroatoms. The number of aromatic nitrogens is 1. The molecule has 0 spiro atoms. The first kappa shape index (κ1) is 19.4. The largest absolute Gasteiger partial charge is 0.427 e. The quantitative estimate of drug-likeness (QED) is 0.465. The topological polar surface area (TPSA) is 68.6 Å². The fourth-order valence-corrected chi connectivity index (χ4v) is 3.68. The fraction of sp³-hybridized carbons (Fsp3) is 0.125. The van der Waals surface area contributed by atoms with Gasteiger partial charge in [-0.2, -0.15) is 0 Å². The van der Waals surface area contributed by atoms with Crippen LogP contribution in [0.15, 0.2) is 66.4 Å². The van der Waals surface area contributed by atoms with Crippen LogP contribution in [0.3, 0.4) is 0 Å². The number of amides is 2.